The van der Waals surface area contributed by atoms with E-state index in [1.807, 2.05) is 13.0 Å². The summed E-state index contributed by atoms with van der Waals surface area (Å²) < 4.78 is 0. The van der Waals surface area contributed by atoms with E-state index in [-0.39, 0.29) is 5.75 Å². The third-order valence-corrected chi connectivity index (χ3v) is 4.20. The van der Waals surface area contributed by atoms with Crippen LogP contribution in [0.25, 0.3) is 0 Å². The number of allylic oxidation sites excluding steroid dienone is 2. The van der Waals surface area contributed by atoms with Gasteiger partial charge < -0.3 is 10.2 Å². The molecule has 1 aromatic carbocycles. The number of phenols is 1. The highest BCUT2D eigenvalue weighted by molar-refractivity contribution is 5.46. The summed E-state index contributed by atoms with van der Waals surface area (Å²) in [6.07, 6.45) is 5.76. The Morgan fingerprint density at radius 3 is 2.58 bits per heavy atom. The second-order valence-electron chi connectivity index (χ2n) is 5.42. The quantitative estimate of drug-likeness (QED) is 0.863. The van der Waals surface area contributed by atoms with Crippen LogP contribution in [-0.4, -0.2) is 10.2 Å². The normalized spacial score (nSPS) is 24.6. The first-order valence-corrected chi connectivity index (χ1v) is 6.88. The molecule has 0 radical (unpaired) electrons. The number of aliphatic hydroxyl groups is 1. The lowest BCUT2D eigenvalue weighted by Crippen LogP contribution is -2.29. The second-order valence-corrected chi connectivity index (χ2v) is 5.42. The Labute approximate surface area is 115 Å². The summed E-state index contributed by atoms with van der Waals surface area (Å²) in [5, 5.41) is 20.9. The molecule has 0 heterocycles. The van der Waals surface area contributed by atoms with Gasteiger partial charge in [0.05, 0.1) is 0 Å². The van der Waals surface area contributed by atoms with Gasteiger partial charge in [0.1, 0.15) is 11.4 Å². The lowest BCUT2D eigenvalue weighted by atomic mass is 9.77. The monoisotopic (exact) mass is 258 g/mol. The molecule has 19 heavy (non-hydrogen) atoms. The molecule has 2 atom stereocenters. The first-order chi connectivity index (χ1) is 8.99. The molecule has 2 N–H and O–H groups in total. The summed E-state index contributed by atoms with van der Waals surface area (Å²) in [4.78, 5) is 0. The Morgan fingerprint density at radius 2 is 2.00 bits per heavy atom. The van der Waals surface area contributed by atoms with Gasteiger partial charge in [-0.2, -0.15) is 0 Å². The van der Waals surface area contributed by atoms with Gasteiger partial charge in [-0.05, 0) is 36.5 Å². The standard InChI is InChI=1S/C17H22O2/c1-4-12(2)14-9-10-17(19,13(3)11-14)15-7-5-6-8-16(15)18/h5-9,11-12,18-19H,4,10H2,1-3H3. The maximum atomic E-state index is 10.9. The minimum atomic E-state index is -1.08. The number of hydrogen-bond donors (Lipinski definition) is 2. The van der Waals surface area contributed by atoms with E-state index in [1.165, 1.54) is 5.57 Å². The minimum Gasteiger partial charge on any atom is -0.508 e. The van der Waals surface area contributed by atoms with Crippen molar-refractivity contribution in [1.29, 1.82) is 0 Å². The molecule has 102 valence electrons. The minimum absolute atomic E-state index is 0.151. The largest absolute Gasteiger partial charge is 0.508 e. The van der Waals surface area contributed by atoms with Gasteiger partial charge >= 0.3 is 0 Å². The molecule has 2 heteroatoms. The second kappa shape index (κ2) is 5.22. The fourth-order valence-corrected chi connectivity index (χ4v) is 2.58. The molecule has 2 unspecified atom stereocenters. The van der Waals surface area contributed by atoms with Crippen LogP contribution in [0.3, 0.4) is 0 Å². The molecule has 0 aromatic heterocycles. The molecular formula is C17H22O2. The van der Waals surface area contributed by atoms with Crippen LogP contribution in [0.1, 0.15) is 39.2 Å². The fraction of sp³-hybridized carbons (Fsp3) is 0.412. The van der Waals surface area contributed by atoms with Crippen LogP contribution in [0.2, 0.25) is 0 Å². The summed E-state index contributed by atoms with van der Waals surface area (Å²) >= 11 is 0. The highest BCUT2D eigenvalue weighted by Gasteiger charge is 2.35. The van der Waals surface area contributed by atoms with Gasteiger partial charge in [-0.1, -0.05) is 44.2 Å². The Hall–Kier alpha value is -1.54. The number of phenolic OH excluding ortho intramolecular Hbond substituents is 1. The molecule has 2 nitrogen and oxygen atoms in total. The van der Waals surface area contributed by atoms with Crippen LogP contribution in [0.5, 0.6) is 5.75 Å². The molecule has 0 saturated carbocycles. The molecule has 0 spiro atoms. The van der Waals surface area contributed by atoms with Gasteiger partial charge in [0.2, 0.25) is 0 Å². The van der Waals surface area contributed by atoms with Crippen molar-refractivity contribution >= 4 is 0 Å². The third kappa shape index (κ3) is 2.45. The topological polar surface area (TPSA) is 40.5 Å². The zero-order valence-electron chi connectivity index (χ0n) is 11.9. The molecule has 1 aliphatic carbocycles. The van der Waals surface area contributed by atoms with Crippen LogP contribution < -0.4 is 0 Å². The maximum Gasteiger partial charge on any atom is 0.122 e. The smallest absolute Gasteiger partial charge is 0.122 e. The summed E-state index contributed by atoms with van der Waals surface area (Å²) in [7, 11) is 0. The van der Waals surface area contributed by atoms with E-state index in [0.717, 1.165) is 12.0 Å². The van der Waals surface area contributed by atoms with E-state index in [1.54, 1.807) is 18.2 Å². The van der Waals surface area contributed by atoms with Crippen LogP contribution in [0, 0.1) is 5.92 Å². The summed E-state index contributed by atoms with van der Waals surface area (Å²) in [6, 6.07) is 7.02. The van der Waals surface area contributed by atoms with Crippen molar-refractivity contribution in [3.63, 3.8) is 0 Å². The molecule has 0 fully saturated rings. The lowest BCUT2D eigenvalue weighted by Gasteiger charge is -2.33. The average molecular weight is 258 g/mol. The van der Waals surface area contributed by atoms with E-state index in [4.69, 9.17) is 0 Å². The molecule has 0 aliphatic heterocycles. The van der Waals surface area contributed by atoms with Crippen molar-refractivity contribution in [1.82, 2.24) is 0 Å². The lowest BCUT2D eigenvalue weighted by molar-refractivity contribution is 0.0745. The highest BCUT2D eigenvalue weighted by Crippen LogP contribution is 2.42. The molecule has 0 saturated heterocycles. The highest BCUT2D eigenvalue weighted by atomic mass is 16.3. The number of benzene rings is 1. The van der Waals surface area contributed by atoms with Crippen LogP contribution >= 0.6 is 0 Å². The van der Waals surface area contributed by atoms with E-state index >= 15 is 0 Å². The SMILES string of the molecule is CCC(C)C1=CCC(O)(c2ccccc2O)C(C)=C1. The Morgan fingerprint density at radius 1 is 1.32 bits per heavy atom. The van der Waals surface area contributed by atoms with Crippen molar-refractivity contribution in [3.05, 3.63) is 53.1 Å². The maximum absolute atomic E-state index is 10.9. The van der Waals surface area contributed by atoms with Gasteiger partial charge in [-0.3, -0.25) is 0 Å². The predicted octanol–water partition coefficient (Wildman–Crippen LogP) is 3.90. The van der Waals surface area contributed by atoms with Gasteiger partial charge in [0.15, 0.2) is 0 Å². The Bertz CT molecular complexity index is 528. The van der Waals surface area contributed by atoms with Gasteiger partial charge in [-0.15, -0.1) is 0 Å². The molecule has 1 aromatic rings. The average Bonchev–Trinajstić information content (AvgIpc) is 2.41. The zero-order chi connectivity index (χ0) is 14.0. The van der Waals surface area contributed by atoms with E-state index < -0.39 is 5.60 Å². The molecule has 2 rings (SSSR count). The van der Waals surface area contributed by atoms with Crippen molar-refractivity contribution in [2.45, 2.75) is 39.2 Å². The summed E-state index contributed by atoms with van der Waals surface area (Å²) in [5.41, 5.74) is 1.68. The molecule has 1 aliphatic rings. The van der Waals surface area contributed by atoms with Gasteiger partial charge in [-0.25, -0.2) is 0 Å². The number of para-hydroxylation sites is 1. The fourth-order valence-electron chi connectivity index (χ4n) is 2.58. The van der Waals surface area contributed by atoms with Crippen LogP contribution in [0.4, 0.5) is 0 Å². The summed E-state index contributed by atoms with van der Waals surface area (Å²) in [5.74, 6) is 0.655. The first-order valence-electron chi connectivity index (χ1n) is 6.88. The molecule has 0 bridgehead atoms. The first kappa shape index (κ1) is 13.9. The van der Waals surface area contributed by atoms with Gasteiger partial charge in [0.25, 0.3) is 0 Å². The van der Waals surface area contributed by atoms with Gasteiger partial charge in [0, 0.05) is 12.0 Å². The van der Waals surface area contributed by atoms with Crippen molar-refractivity contribution in [2.75, 3.05) is 0 Å². The Kier molecular flexibility index (Phi) is 3.81. The van der Waals surface area contributed by atoms with Crippen LogP contribution in [0.15, 0.2) is 47.6 Å². The zero-order valence-corrected chi connectivity index (χ0v) is 11.9. The number of rotatable bonds is 3. The van der Waals surface area contributed by atoms with Crippen molar-refractivity contribution < 1.29 is 10.2 Å². The van der Waals surface area contributed by atoms with E-state index in [0.29, 0.717) is 17.9 Å². The third-order valence-electron chi connectivity index (χ3n) is 4.20. The van der Waals surface area contributed by atoms with Crippen molar-refractivity contribution in [3.8, 4) is 5.75 Å². The molecular weight excluding hydrogens is 236 g/mol. The summed E-state index contributed by atoms with van der Waals surface area (Å²) in [6.45, 7) is 6.29. The molecule has 0 amide bonds. The number of hydrogen-bond acceptors (Lipinski definition) is 2. The number of aromatic hydroxyl groups is 1. The Balaban J connectivity index is 2.37. The van der Waals surface area contributed by atoms with Crippen molar-refractivity contribution in [2.24, 2.45) is 5.92 Å². The van der Waals surface area contributed by atoms with Crippen LogP contribution in [-0.2, 0) is 5.60 Å². The predicted molar refractivity (Wildman–Crippen MR) is 77.9 cm³/mol. The van der Waals surface area contributed by atoms with E-state index in [9.17, 15) is 10.2 Å². The van der Waals surface area contributed by atoms with E-state index in [2.05, 4.69) is 26.0 Å².